The van der Waals surface area contributed by atoms with E-state index >= 15 is 0 Å². The van der Waals surface area contributed by atoms with Crippen LogP contribution in [0.1, 0.15) is 16.8 Å². The predicted molar refractivity (Wildman–Crippen MR) is 113 cm³/mol. The van der Waals surface area contributed by atoms with Crippen molar-refractivity contribution in [3.63, 3.8) is 0 Å². The number of carbonyl (C=O) groups excluding carboxylic acids is 2. The molecule has 2 aliphatic rings. The number of benzene rings is 2. The lowest BCUT2D eigenvalue weighted by Crippen LogP contribution is -2.53. The van der Waals surface area contributed by atoms with E-state index in [9.17, 15) is 9.59 Å². The van der Waals surface area contributed by atoms with Gasteiger partial charge in [-0.15, -0.1) is 12.4 Å². The second kappa shape index (κ2) is 8.63. The van der Waals surface area contributed by atoms with Gasteiger partial charge in [-0.05, 0) is 30.7 Å². The lowest BCUT2D eigenvalue weighted by atomic mass is 10.1. The summed E-state index contributed by atoms with van der Waals surface area (Å²) in [5.41, 5.74) is 7.96. The molecule has 0 spiro atoms. The Balaban J connectivity index is 0.00000225. The molecule has 28 heavy (non-hydrogen) atoms. The second-order valence-corrected chi connectivity index (χ2v) is 7.05. The summed E-state index contributed by atoms with van der Waals surface area (Å²) in [4.78, 5) is 31.5. The third-order valence-corrected chi connectivity index (χ3v) is 5.48. The Hall–Kier alpha value is -2.57. The summed E-state index contributed by atoms with van der Waals surface area (Å²) in [7, 11) is 0. The van der Waals surface area contributed by atoms with E-state index in [1.54, 1.807) is 12.1 Å². The van der Waals surface area contributed by atoms with Crippen molar-refractivity contribution in [3.05, 3.63) is 60.2 Å². The van der Waals surface area contributed by atoms with Crippen LogP contribution in [0.5, 0.6) is 0 Å². The monoisotopic (exact) mass is 400 g/mol. The molecule has 0 radical (unpaired) electrons. The molecule has 2 aromatic rings. The van der Waals surface area contributed by atoms with E-state index < -0.39 is 0 Å². The smallest absolute Gasteiger partial charge is 0.256 e. The fraction of sp³-hybridized carbons (Fsp3) is 0.333. The molecule has 2 saturated heterocycles. The van der Waals surface area contributed by atoms with E-state index in [0.717, 1.165) is 18.7 Å². The lowest BCUT2D eigenvalue weighted by Gasteiger charge is -2.37. The fourth-order valence-corrected chi connectivity index (χ4v) is 3.97. The number of piperazine rings is 1. The van der Waals surface area contributed by atoms with Crippen LogP contribution in [0.4, 0.5) is 11.4 Å². The van der Waals surface area contributed by atoms with Gasteiger partial charge in [0.15, 0.2) is 0 Å². The van der Waals surface area contributed by atoms with E-state index in [2.05, 4.69) is 4.90 Å². The number of hydrogen-bond donors (Lipinski definition) is 1. The molecule has 2 fully saturated rings. The minimum atomic E-state index is -0.0933. The Morgan fingerprint density at radius 1 is 0.893 bits per heavy atom. The van der Waals surface area contributed by atoms with Gasteiger partial charge in [-0.2, -0.15) is 0 Å². The fourth-order valence-electron chi connectivity index (χ4n) is 3.97. The number of carbonyl (C=O) groups is 2. The van der Waals surface area contributed by atoms with Crippen LogP contribution in [0.15, 0.2) is 54.6 Å². The summed E-state index contributed by atoms with van der Waals surface area (Å²) < 4.78 is 0. The molecule has 4 rings (SSSR count). The van der Waals surface area contributed by atoms with Crippen LogP contribution in [0.3, 0.4) is 0 Å². The third-order valence-electron chi connectivity index (χ3n) is 5.48. The van der Waals surface area contributed by atoms with Gasteiger partial charge < -0.3 is 15.5 Å². The Labute approximate surface area is 171 Å². The van der Waals surface area contributed by atoms with Crippen molar-refractivity contribution < 1.29 is 9.59 Å². The number of nitrogens with zero attached hydrogens (tertiary/aromatic N) is 3. The van der Waals surface area contributed by atoms with E-state index in [0.29, 0.717) is 37.4 Å². The summed E-state index contributed by atoms with van der Waals surface area (Å²) in [6, 6.07) is 16.9. The number of anilines is 2. The SMILES string of the molecule is Cl.Nc1ccccc1C(=O)N1CCN(C2CCN(c3ccccc3)C2=O)CC1. The van der Waals surface area contributed by atoms with Gasteiger partial charge in [0.2, 0.25) is 5.91 Å². The first-order valence-corrected chi connectivity index (χ1v) is 9.39. The summed E-state index contributed by atoms with van der Waals surface area (Å²) in [5, 5.41) is 0. The van der Waals surface area contributed by atoms with E-state index in [4.69, 9.17) is 5.73 Å². The normalized spacial score (nSPS) is 20.1. The van der Waals surface area contributed by atoms with Gasteiger partial charge in [0.1, 0.15) is 0 Å². The first kappa shape index (κ1) is 20.2. The van der Waals surface area contributed by atoms with Crippen molar-refractivity contribution in [1.82, 2.24) is 9.80 Å². The van der Waals surface area contributed by atoms with Crippen LogP contribution in [-0.2, 0) is 4.79 Å². The van der Waals surface area contributed by atoms with Crippen LogP contribution in [-0.4, -0.2) is 60.4 Å². The number of hydrogen-bond acceptors (Lipinski definition) is 4. The first-order chi connectivity index (χ1) is 13.1. The van der Waals surface area contributed by atoms with Crippen molar-refractivity contribution in [3.8, 4) is 0 Å². The van der Waals surface area contributed by atoms with Crippen LogP contribution in [0.2, 0.25) is 0 Å². The molecule has 0 saturated carbocycles. The molecule has 6 nitrogen and oxygen atoms in total. The topological polar surface area (TPSA) is 69.9 Å². The summed E-state index contributed by atoms with van der Waals surface area (Å²) >= 11 is 0. The van der Waals surface area contributed by atoms with E-state index in [1.165, 1.54) is 0 Å². The molecule has 2 N–H and O–H groups in total. The molecular weight excluding hydrogens is 376 g/mol. The third kappa shape index (κ3) is 3.84. The van der Waals surface area contributed by atoms with Crippen molar-refractivity contribution in [2.75, 3.05) is 43.4 Å². The summed E-state index contributed by atoms with van der Waals surface area (Å²) in [6.07, 6.45) is 0.827. The van der Waals surface area contributed by atoms with Gasteiger partial charge in [0.25, 0.3) is 5.91 Å². The number of nitrogens with two attached hydrogens (primary N) is 1. The largest absolute Gasteiger partial charge is 0.398 e. The highest BCUT2D eigenvalue weighted by Crippen LogP contribution is 2.25. The van der Waals surface area contributed by atoms with Crippen molar-refractivity contribution in [1.29, 1.82) is 0 Å². The molecule has 2 heterocycles. The standard InChI is InChI=1S/C21H24N4O2.ClH/c22-18-9-5-4-8-17(18)20(26)24-14-12-23(13-15-24)19-10-11-25(21(19)27)16-6-2-1-3-7-16;/h1-9,19H,10-15,22H2;1H. The first-order valence-electron chi connectivity index (χ1n) is 9.39. The van der Waals surface area contributed by atoms with Crippen molar-refractivity contribution in [2.24, 2.45) is 0 Å². The van der Waals surface area contributed by atoms with Crippen molar-refractivity contribution >= 4 is 35.6 Å². The Morgan fingerprint density at radius 3 is 2.21 bits per heavy atom. The molecule has 2 amide bonds. The molecule has 148 valence electrons. The minimum absolute atomic E-state index is 0. The summed E-state index contributed by atoms with van der Waals surface area (Å²) in [6.45, 7) is 3.38. The van der Waals surface area contributed by atoms with Gasteiger partial charge in [0.05, 0.1) is 11.6 Å². The molecule has 2 aromatic carbocycles. The van der Waals surface area contributed by atoms with Gasteiger partial charge in [-0.1, -0.05) is 30.3 Å². The molecule has 1 unspecified atom stereocenters. The van der Waals surface area contributed by atoms with Crippen LogP contribution < -0.4 is 10.6 Å². The van der Waals surface area contributed by atoms with Gasteiger partial charge in [-0.25, -0.2) is 0 Å². The minimum Gasteiger partial charge on any atom is -0.398 e. The Bertz CT molecular complexity index is 837. The van der Waals surface area contributed by atoms with Crippen molar-refractivity contribution in [2.45, 2.75) is 12.5 Å². The number of nitrogen functional groups attached to an aromatic ring is 1. The molecule has 2 aliphatic heterocycles. The molecule has 0 bridgehead atoms. The maximum Gasteiger partial charge on any atom is 0.256 e. The van der Waals surface area contributed by atoms with E-state index in [-0.39, 0.29) is 30.3 Å². The molecular formula is C21H25ClN4O2. The molecule has 0 aliphatic carbocycles. The average Bonchev–Trinajstić information content (AvgIpc) is 3.10. The number of amides is 2. The maximum atomic E-state index is 12.9. The van der Waals surface area contributed by atoms with Crippen LogP contribution in [0, 0.1) is 0 Å². The zero-order valence-electron chi connectivity index (χ0n) is 15.7. The average molecular weight is 401 g/mol. The number of halogens is 1. The van der Waals surface area contributed by atoms with Crippen LogP contribution in [0.25, 0.3) is 0 Å². The zero-order chi connectivity index (χ0) is 18.8. The zero-order valence-corrected chi connectivity index (χ0v) is 16.5. The second-order valence-electron chi connectivity index (χ2n) is 7.05. The lowest BCUT2D eigenvalue weighted by molar-refractivity contribution is -0.122. The number of rotatable bonds is 3. The van der Waals surface area contributed by atoms with Gasteiger partial charge >= 0.3 is 0 Å². The van der Waals surface area contributed by atoms with Gasteiger partial charge in [-0.3, -0.25) is 14.5 Å². The maximum absolute atomic E-state index is 12.9. The number of para-hydroxylation sites is 2. The van der Waals surface area contributed by atoms with Crippen LogP contribution >= 0.6 is 12.4 Å². The highest BCUT2D eigenvalue weighted by molar-refractivity contribution is 6.00. The van der Waals surface area contributed by atoms with E-state index in [1.807, 2.05) is 52.3 Å². The molecule has 0 aromatic heterocycles. The Kier molecular flexibility index (Phi) is 6.21. The highest BCUT2D eigenvalue weighted by Gasteiger charge is 2.38. The highest BCUT2D eigenvalue weighted by atomic mass is 35.5. The van der Waals surface area contributed by atoms with Gasteiger partial charge in [0, 0.05) is 44.1 Å². The predicted octanol–water partition coefficient (Wildman–Crippen LogP) is 2.25. The summed E-state index contributed by atoms with van der Waals surface area (Å²) in [5.74, 6) is 0.129. The molecule has 7 heteroatoms. The quantitative estimate of drug-likeness (QED) is 0.802. The Morgan fingerprint density at radius 2 is 1.54 bits per heavy atom. The molecule has 1 atom stereocenters.